The zero-order chi connectivity index (χ0) is 12.1. The van der Waals surface area contributed by atoms with E-state index in [4.69, 9.17) is 0 Å². The molecule has 0 bridgehead atoms. The number of nitrogens with one attached hydrogen (secondary N) is 1. The number of hydrogen-bond donors (Lipinski definition) is 1. The van der Waals surface area contributed by atoms with Crippen LogP contribution in [0.15, 0.2) is 42.6 Å². The van der Waals surface area contributed by atoms with Gasteiger partial charge in [-0.15, -0.1) is 0 Å². The number of rotatable bonds is 4. The van der Waals surface area contributed by atoms with Crippen LogP contribution >= 0.6 is 0 Å². The van der Waals surface area contributed by atoms with Crippen molar-refractivity contribution in [1.82, 2.24) is 4.98 Å². The Balaban J connectivity index is 1.97. The molecule has 4 heteroatoms. The Morgan fingerprint density at radius 1 is 1.18 bits per heavy atom. The van der Waals surface area contributed by atoms with Gasteiger partial charge in [-0.2, -0.15) is 0 Å². The van der Waals surface area contributed by atoms with Crippen molar-refractivity contribution in [2.45, 2.75) is 6.54 Å². The van der Waals surface area contributed by atoms with E-state index in [0.717, 1.165) is 11.3 Å². The molecule has 0 saturated heterocycles. The smallest absolute Gasteiger partial charge is 0.168 e. The van der Waals surface area contributed by atoms with Crippen molar-refractivity contribution >= 4 is 12.0 Å². The fourth-order valence-corrected chi connectivity index (χ4v) is 1.39. The summed E-state index contributed by atoms with van der Waals surface area (Å²) in [6.45, 7) is 0.586. The third-order valence-corrected chi connectivity index (χ3v) is 2.32. The highest BCUT2D eigenvalue weighted by atomic mass is 19.1. The molecule has 1 N–H and O–H groups in total. The molecule has 0 saturated carbocycles. The molecule has 0 radical (unpaired) electrons. The Kier molecular flexibility index (Phi) is 3.45. The number of benzene rings is 1. The van der Waals surface area contributed by atoms with Gasteiger partial charge in [0.05, 0.1) is 11.9 Å². The van der Waals surface area contributed by atoms with Gasteiger partial charge in [0.1, 0.15) is 11.5 Å². The third kappa shape index (κ3) is 3.11. The SMILES string of the molecule is O=Cc1ccc(NCc2ccc(F)cc2)cn1. The number of halogens is 1. The molecule has 0 atom stereocenters. The van der Waals surface area contributed by atoms with Crippen LogP contribution in [0.25, 0.3) is 0 Å². The van der Waals surface area contributed by atoms with E-state index in [9.17, 15) is 9.18 Å². The molecule has 1 aromatic heterocycles. The normalized spacial score (nSPS) is 9.94. The molecule has 0 amide bonds. The van der Waals surface area contributed by atoms with E-state index < -0.39 is 0 Å². The average Bonchev–Trinajstić information content (AvgIpc) is 2.39. The van der Waals surface area contributed by atoms with Crippen LogP contribution in [0.4, 0.5) is 10.1 Å². The van der Waals surface area contributed by atoms with Gasteiger partial charge in [0.15, 0.2) is 6.29 Å². The molecule has 0 aliphatic carbocycles. The highest BCUT2D eigenvalue weighted by Gasteiger charge is 1.96. The summed E-state index contributed by atoms with van der Waals surface area (Å²) in [5.41, 5.74) is 2.20. The highest BCUT2D eigenvalue weighted by molar-refractivity contribution is 5.72. The number of aldehydes is 1. The monoisotopic (exact) mass is 230 g/mol. The van der Waals surface area contributed by atoms with Crippen LogP contribution in [0.3, 0.4) is 0 Å². The molecule has 0 spiro atoms. The van der Waals surface area contributed by atoms with Crippen LogP contribution in [0.5, 0.6) is 0 Å². The van der Waals surface area contributed by atoms with Gasteiger partial charge in [0, 0.05) is 6.54 Å². The predicted molar refractivity (Wildman–Crippen MR) is 63.4 cm³/mol. The maximum atomic E-state index is 12.7. The van der Waals surface area contributed by atoms with Crippen molar-refractivity contribution in [2.75, 3.05) is 5.32 Å². The molecule has 0 fully saturated rings. The fraction of sp³-hybridized carbons (Fsp3) is 0.0769. The van der Waals surface area contributed by atoms with E-state index in [1.807, 2.05) is 0 Å². The molecular weight excluding hydrogens is 219 g/mol. The van der Waals surface area contributed by atoms with Crippen LogP contribution in [-0.2, 0) is 6.54 Å². The summed E-state index contributed by atoms with van der Waals surface area (Å²) in [6.07, 6.45) is 2.29. The maximum Gasteiger partial charge on any atom is 0.168 e. The Morgan fingerprint density at radius 3 is 2.53 bits per heavy atom. The van der Waals surface area contributed by atoms with Gasteiger partial charge in [-0.25, -0.2) is 4.39 Å². The Morgan fingerprint density at radius 2 is 1.94 bits per heavy atom. The van der Waals surface area contributed by atoms with Gasteiger partial charge >= 0.3 is 0 Å². The first kappa shape index (κ1) is 11.3. The lowest BCUT2D eigenvalue weighted by Gasteiger charge is -2.05. The summed E-state index contributed by atoms with van der Waals surface area (Å²) in [7, 11) is 0. The second kappa shape index (κ2) is 5.21. The summed E-state index contributed by atoms with van der Waals surface area (Å²) < 4.78 is 12.7. The Bertz CT molecular complexity index is 494. The Labute approximate surface area is 98.3 Å². The molecule has 0 aliphatic heterocycles. The molecule has 86 valence electrons. The summed E-state index contributed by atoms with van der Waals surface area (Å²) in [6, 6.07) is 9.70. The molecular formula is C13H11FN2O. The molecule has 1 aromatic carbocycles. The first-order valence-corrected chi connectivity index (χ1v) is 5.17. The van der Waals surface area contributed by atoms with Crippen LogP contribution in [0, 0.1) is 5.82 Å². The lowest BCUT2D eigenvalue weighted by Crippen LogP contribution is -2.00. The van der Waals surface area contributed by atoms with Gasteiger partial charge in [0.2, 0.25) is 0 Å². The molecule has 0 unspecified atom stereocenters. The van der Waals surface area contributed by atoms with Gasteiger partial charge < -0.3 is 5.32 Å². The topological polar surface area (TPSA) is 42.0 Å². The minimum absolute atomic E-state index is 0.245. The number of carbonyl (C=O) groups excluding carboxylic acids is 1. The van der Waals surface area contributed by atoms with E-state index in [1.54, 1.807) is 30.5 Å². The van der Waals surface area contributed by atoms with Gasteiger partial charge in [-0.05, 0) is 29.8 Å². The van der Waals surface area contributed by atoms with E-state index in [-0.39, 0.29) is 5.82 Å². The Hall–Kier alpha value is -2.23. The number of carbonyl (C=O) groups is 1. The average molecular weight is 230 g/mol. The first-order valence-electron chi connectivity index (χ1n) is 5.17. The van der Waals surface area contributed by atoms with Crippen molar-refractivity contribution in [3.8, 4) is 0 Å². The van der Waals surface area contributed by atoms with Gasteiger partial charge in [0.25, 0.3) is 0 Å². The lowest BCUT2D eigenvalue weighted by molar-refractivity contribution is 0.111. The van der Waals surface area contributed by atoms with Crippen molar-refractivity contribution in [2.24, 2.45) is 0 Å². The summed E-state index contributed by atoms with van der Waals surface area (Å²) in [4.78, 5) is 14.3. The molecule has 2 aromatic rings. The van der Waals surface area contributed by atoms with E-state index in [0.29, 0.717) is 18.5 Å². The van der Waals surface area contributed by atoms with Crippen molar-refractivity contribution in [1.29, 1.82) is 0 Å². The second-order valence-corrected chi connectivity index (χ2v) is 3.57. The zero-order valence-corrected chi connectivity index (χ0v) is 9.06. The second-order valence-electron chi connectivity index (χ2n) is 3.57. The molecule has 2 rings (SSSR count). The number of hydrogen-bond acceptors (Lipinski definition) is 3. The summed E-state index contributed by atoms with van der Waals surface area (Å²) in [5.74, 6) is -0.245. The third-order valence-electron chi connectivity index (χ3n) is 2.32. The van der Waals surface area contributed by atoms with Crippen LogP contribution in [-0.4, -0.2) is 11.3 Å². The number of anilines is 1. The van der Waals surface area contributed by atoms with Gasteiger partial charge in [-0.1, -0.05) is 12.1 Å². The number of nitrogens with zero attached hydrogens (tertiary/aromatic N) is 1. The zero-order valence-electron chi connectivity index (χ0n) is 9.06. The van der Waals surface area contributed by atoms with Crippen LogP contribution in [0.1, 0.15) is 16.1 Å². The standard InChI is InChI=1S/C13H11FN2O/c14-11-3-1-10(2-4-11)7-15-12-5-6-13(9-17)16-8-12/h1-6,8-9,15H,7H2. The van der Waals surface area contributed by atoms with E-state index in [2.05, 4.69) is 10.3 Å². The van der Waals surface area contributed by atoms with Gasteiger partial charge in [-0.3, -0.25) is 9.78 Å². The van der Waals surface area contributed by atoms with Crippen LogP contribution < -0.4 is 5.32 Å². The first-order chi connectivity index (χ1) is 8.28. The van der Waals surface area contributed by atoms with Crippen molar-refractivity contribution in [3.63, 3.8) is 0 Å². The summed E-state index contributed by atoms with van der Waals surface area (Å²) >= 11 is 0. The quantitative estimate of drug-likeness (QED) is 0.821. The minimum atomic E-state index is -0.245. The van der Waals surface area contributed by atoms with E-state index in [1.165, 1.54) is 12.1 Å². The van der Waals surface area contributed by atoms with E-state index >= 15 is 0 Å². The minimum Gasteiger partial charge on any atom is -0.380 e. The lowest BCUT2D eigenvalue weighted by atomic mass is 10.2. The fourth-order valence-electron chi connectivity index (χ4n) is 1.39. The largest absolute Gasteiger partial charge is 0.380 e. The predicted octanol–water partition coefficient (Wildman–Crippen LogP) is 2.65. The number of aromatic nitrogens is 1. The number of pyridine rings is 1. The molecule has 1 heterocycles. The van der Waals surface area contributed by atoms with Crippen molar-refractivity contribution in [3.05, 3.63) is 59.7 Å². The maximum absolute atomic E-state index is 12.7. The van der Waals surface area contributed by atoms with Crippen LogP contribution in [0.2, 0.25) is 0 Å². The van der Waals surface area contributed by atoms with Crippen molar-refractivity contribution < 1.29 is 9.18 Å². The molecule has 17 heavy (non-hydrogen) atoms. The summed E-state index contributed by atoms with van der Waals surface area (Å²) in [5, 5.41) is 3.13. The highest BCUT2D eigenvalue weighted by Crippen LogP contribution is 2.08. The molecule has 0 aliphatic rings. The molecule has 3 nitrogen and oxygen atoms in total.